The van der Waals surface area contributed by atoms with Gasteiger partial charge in [-0.2, -0.15) is 0 Å². The van der Waals surface area contributed by atoms with Crippen LogP contribution in [0.3, 0.4) is 0 Å². The molecule has 0 bridgehead atoms. The molecule has 4 nitrogen and oxygen atoms in total. The molecular weight excluding hydrogens is 204 g/mol. The quantitative estimate of drug-likeness (QED) is 0.791. The minimum Gasteiger partial charge on any atom is -0.481 e. The summed E-state index contributed by atoms with van der Waals surface area (Å²) in [5.74, 6) is 0.595. The van der Waals surface area contributed by atoms with Gasteiger partial charge in [-0.1, -0.05) is 6.07 Å². The lowest BCUT2D eigenvalue weighted by Crippen LogP contribution is -2.40. The van der Waals surface area contributed by atoms with Crippen LogP contribution in [0.25, 0.3) is 0 Å². The third kappa shape index (κ3) is 3.18. The van der Waals surface area contributed by atoms with Crippen molar-refractivity contribution in [3.05, 3.63) is 23.9 Å². The third-order valence-electron chi connectivity index (χ3n) is 2.63. The first-order chi connectivity index (χ1) is 7.49. The summed E-state index contributed by atoms with van der Waals surface area (Å²) in [7, 11) is 1.58. The van der Waals surface area contributed by atoms with E-state index in [2.05, 4.69) is 4.98 Å². The van der Waals surface area contributed by atoms with Gasteiger partial charge in [-0.3, -0.25) is 0 Å². The molecule has 0 aromatic carbocycles. The third-order valence-corrected chi connectivity index (χ3v) is 2.63. The lowest BCUT2D eigenvalue weighted by atomic mass is 9.83. The fourth-order valence-electron chi connectivity index (χ4n) is 1.77. The van der Waals surface area contributed by atoms with E-state index in [9.17, 15) is 0 Å². The zero-order chi connectivity index (χ0) is 12.2. The van der Waals surface area contributed by atoms with Crippen LogP contribution in [0.1, 0.15) is 31.9 Å². The second kappa shape index (κ2) is 5.27. The molecule has 0 aliphatic heterocycles. The molecule has 0 fully saturated rings. The molecule has 1 heterocycles. The Balaban J connectivity index is 3.01. The van der Waals surface area contributed by atoms with Gasteiger partial charge in [0.05, 0.1) is 7.11 Å². The molecule has 1 unspecified atom stereocenters. The zero-order valence-electron chi connectivity index (χ0n) is 10.1. The van der Waals surface area contributed by atoms with Crippen molar-refractivity contribution in [2.75, 3.05) is 13.7 Å². The lowest BCUT2D eigenvalue weighted by Gasteiger charge is -2.29. The smallest absolute Gasteiger partial charge is 0.213 e. The fraction of sp³-hybridized carbons (Fsp3) is 0.583. The number of aliphatic hydroxyl groups excluding tert-OH is 1. The standard InChI is InChI=1S/C12H20N2O2/c1-12(2,13)9(7-8-15)10-5-4-6-11(14-10)16-3/h4-6,9,15H,7-8,13H2,1-3H3. The monoisotopic (exact) mass is 224 g/mol. The van der Waals surface area contributed by atoms with Gasteiger partial charge in [0.1, 0.15) is 0 Å². The van der Waals surface area contributed by atoms with Crippen molar-refractivity contribution in [3.8, 4) is 5.88 Å². The van der Waals surface area contributed by atoms with E-state index < -0.39 is 5.54 Å². The molecule has 16 heavy (non-hydrogen) atoms. The van der Waals surface area contributed by atoms with Crippen molar-refractivity contribution in [1.82, 2.24) is 4.98 Å². The average molecular weight is 224 g/mol. The molecule has 1 aromatic heterocycles. The molecule has 0 saturated heterocycles. The van der Waals surface area contributed by atoms with E-state index in [1.54, 1.807) is 13.2 Å². The molecule has 0 aliphatic rings. The van der Waals surface area contributed by atoms with Crippen LogP contribution in [-0.4, -0.2) is 29.3 Å². The van der Waals surface area contributed by atoms with Gasteiger partial charge in [0.15, 0.2) is 0 Å². The largest absolute Gasteiger partial charge is 0.481 e. The van der Waals surface area contributed by atoms with Gasteiger partial charge < -0.3 is 15.6 Å². The number of aliphatic hydroxyl groups is 1. The van der Waals surface area contributed by atoms with Crippen molar-refractivity contribution in [1.29, 1.82) is 0 Å². The summed E-state index contributed by atoms with van der Waals surface area (Å²) in [6.45, 7) is 3.98. The van der Waals surface area contributed by atoms with Gasteiger partial charge in [-0.25, -0.2) is 4.98 Å². The maximum atomic E-state index is 9.07. The van der Waals surface area contributed by atoms with Gasteiger partial charge in [-0.15, -0.1) is 0 Å². The molecule has 1 rings (SSSR count). The van der Waals surface area contributed by atoms with Crippen LogP contribution in [0, 0.1) is 0 Å². The van der Waals surface area contributed by atoms with Crippen molar-refractivity contribution >= 4 is 0 Å². The van der Waals surface area contributed by atoms with E-state index in [1.165, 1.54) is 0 Å². The van der Waals surface area contributed by atoms with Gasteiger partial charge in [0.25, 0.3) is 0 Å². The highest BCUT2D eigenvalue weighted by Gasteiger charge is 2.27. The number of nitrogens with zero attached hydrogens (tertiary/aromatic N) is 1. The maximum Gasteiger partial charge on any atom is 0.213 e. The summed E-state index contributed by atoms with van der Waals surface area (Å²) in [5, 5.41) is 9.07. The van der Waals surface area contributed by atoms with Crippen LogP contribution in [0.5, 0.6) is 5.88 Å². The molecule has 4 heteroatoms. The van der Waals surface area contributed by atoms with Crippen LogP contribution in [0.2, 0.25) is 0 Å². The van der Waals surface area contributed by atoms with E-state index in [0.717, 1.165) is 5.69 Å². The highest BCUT2D eigenvalue weighted by molar-refractivity contribution is 5.21. The van der Waals surface area contributed by atoms with E-state index >= 15 is 0 Å². The number of aromatic nitrogens is 1. The summed E-state index contributed by atoms with van der Waals surface area (Å²) < 4.78 is 5.08. The first kappa shape index (κ1) is 12.9. The summed E-state index contributed by atoms with van der Waals surface area (Å²) in [4.78, 5) is 4.36. The van der Waals surface area contributed by atoms with Gasteiger partial charge in [0, 0.05) is 29.8 Å². The highest BCUT2D eigenvalue weighted by Crippen LogP contribution is 2.28. The first-order valence-electron chi connectivity index (χ1n) is 5.39. The predicted molar refractivity (Wildman–Crippen MR) is 63.5 cm³/mol. The summed E-state index contributed by atoms with van der Waals surface area (Å²) >= 11 is 0. The number of hydrogen-bond acceptors (Lipinski definition) is 4. The van der Waals surface area contributed by atoms with Crippen LogP contribution >= 0.6 is 0 Å². The average Bonchev–Trinajstić information content (AvgIpc) is 2.24. The van der Waals surface area contributed by atoms with Crippen molar-refractivity contribution in [2.24, 2.45) is 5.73 Å². The maximum absolute atomic E-state index is 9.07. The molecule has 0 radical (unpaired) electrons. The molecule has 0 amide bonds. The number of hydrogen-bond donors (Lipinski definition) is 2. The SMILES string of the molecule is COc1cccc(C(CCO)C(C)(C)N)n1. The minimum absolute atomic E-state index is 0.0209. The van der Waals surface area contributed by atoms with Gasteiger partial charge >= 0.3 is 0 Å². The van der Waals surface area contributed by atoms with E-state index in [4.69, 9.17) is 15.6 Å². The van der Waals surface area contributed by atoms with Crippen LogP contribution in [0.4, 0.5) is 0 Å². The van der Waals surface area contributed by atoms with E-state index in [0.29, 0.717) is 12.3 Å². The lowest BCUT2D eigenvalue weighted by molar-refractivity contribution is 0.247. The molecule has 0 aliphatic carbocycles. The number of ether oxygens (including phenoxy) is 1. The van der Waals surface area contributed by atoms with Crippen LogP contribution in [-0.2, 0) is 0 Å². The second-order valence-corrected chi connectivity index (χ2v) is 4.49. The molecule has 0 spiro atoms. The van der Waals surface area contributed by atoms with Crippen molar-refractivity contribution in [2.45, 2.75) is 31.7 Å². The zero-order valence-corrected chi connectivity index (χ0v) is 10.1. The number of pyridine rings is 1. The Morgan fingerprint density at radius 1 is 1.50 bits per heavy atom. The molecular formula is C12H20N2O2. The van der Waals surface area contributed by atoms with Gasteiger partial charge in [0.2, 0.25) is 5.88 Å². The van der Waals surface area contributed by atoms with Crippen LogP contribution < -0.4 is 10.5 Å². The minimum atomic E-state index is -0.415. The molecule has 0 saturated carbocycles. The molecule has 1 atom stereocenters. The van der Waals surface area contributed by atoms with Gasteiger partial charge in [-0.05, 0) is 26.3 Å². The van der Waals surface area contributed by atoms with Crippen molar-refractivity contribution < 1.29 is 9.84 Å². The Hall–Kier alpha value is -1.13. The topological polar surface area (TPSA) is 68.4 Å². The second-order valence-electron chi connectivity index (χ2n) is 4.49. The Kier molecular flexibility index (Phi) is 4.26. The number of methoxy groups -OCH3 is 1. The first-order valence-corrected chi connectivity index (χ1v) is 5.39. The number of rotatable bonds is 5. The summed E-state index contributed by atoms with van der Waals surface area (Å²) in [6.07, 6.45) is 0.601. The Labute approximate surface area is 96.5 Å². The summed E-state index contributed by atoms with van der Waals surface area (Å²) in [5.41, 5.74) is 6.54. The molecule has 3 N–H and O–H groups in total. The van der Waals surface area contributed by atoms with E-state index in [1.807, 2.05) is 26.0 Å². The molecule has 90 valence electrons. The number of nitrogens with two attached hydrogens (primary N) is 1. The molecule has 1 aromatic rings. The van der Waals surface area contributed by atoms with E-state index in [-0.39, 0.29) is 12.5 Å². The fourth-order valence-corrected chi connectivity index (χ4v) is 1.77. The highest BCUT2D eigenvalue weighted by atomic mass is 16.5. The Morgan fingerprint density at radius 2 is 2.19 bits per heavy atom. The van der Waals surface area contributed by atoms with Crippen LogP contribution in [0.15, 0.2) is 18.2 Å². The summed E-state index contributed by atoms with van der Waals surface area (Å²) in [6, 6.07) is 5.60. The Bertz CT molecular complexity index is 334. The van der Waals surface area contributed by atoms with Crippen molar-refractivity contribution in [3.63, 3.8) is 0 Å². The Morgan fingerprint density at radius 3 is 2.69 bits per heavy atom. The normalized spacial score (nSPS) is 13.6. The predicted octanol–water partition coefficient (Wildman–Crippen LogP) is 1.29.